The first-order valence-corrected chi connectivity index (χ1v) is 7.37. The lowest BCUT2D eigenvalue weighted by Crippen LogP contribution is -1.93. The van der Waals surface area contributed by atoms with Crippen molar-refractivity contribution >= 4 is 0 Å². The van der Waals surface area contributed by atoms with Crippen LogP contribution in [0.1, 0.15) is 48.0 Å². The lowest BCUT2D eigenvalue weighted by atomic mass is 9.98. The topological polar surface area (TPSA) is 0 Å². The Bertz CT molecular complexity index is 373. The van der Waals surface area contributed by atoms with Gasteiger partial charge in [-0.3, -0.25) is 0 Å². The molecular weight excluding hydrogens is 228 g/mol. The first-order chi connectivity index (χ1) is 9.01. The summed E-state index contributed by atoms with van der Waals surface area (Å²) in [6.45, 7) is 13.0. The molecule has 0 aromatic heterocycles. The Morgan fingerprint density at radius 2 is 1.74 bits per heavy atom. The van der Waals surface area contributed by atoms with Crippen LogP contribution in [0.25, 0.3) is 0 Å². The third-order valence-corrected chi connectivity index (χ3v) is 2.83. The molecule has 0 heterocycles. The van der Waals surface area contributed by atoms with E-state index in [0.29, 0.717) is 11.8 Å². The van der Waals surface area contributed by atoms with Gasteiger partial charge in [-0.25, -0.2) is 0 Å². The summed E-state index contributed by atoms with van der Waals surface area (Å²) < 4.78 is 0. The van der Waals surface area contributed by atoms with Crippen molar-refractivity contribution in [3.8, 4) is 0 Å². The summed E-state index contributed by atoms with van der Waals surface area (Å²) in [6.07, 6.45) is 18.7. The van der Waals surface area contributed by atoms with Crippen molar-refractivity contribution in [1.29, 1.82) is 0 Å². The number of hydrogen-bond acceptors (Lipinski definition) is 0. The third kappa shape index (κ3) is 9.30. The van der Waals surface area contributed by atoms with Crippen LogP contribution in [0.2, 0.25) is 0 Å². The molecule has 0 aliphatic carbocycles. The molecule has 0 N–H and O–H groups in total. The van der Waals surface area contributed by atoms with Crippen LogP contribution < -0.4 is 0 Å². The first kappa shape index (κ1) is 17.7. The van der Waals surface area contributed by atoms with Gasteiger partial charge in [-0.2, -0.15) is 0 Å². The highest BCUT2D eigenvalue weighted by atomic mass is 14.1. The second-order valence-corrected chi connectivity index (χ2v) is 5.30. The molecule has 0 saturated heterocycles. The maximum atomic E-state index is 2.30. The largest absolute Gasteiger partial charge is 0.0874 e. The Balaban J connectivity index is 4.65. The zero-order valence-corrected chi connectivity index (χ0v) is 13.5. The van der Waals surface area contributed by atoms with E-state index in [1.54, 1.807) is 0 Å². The van der Waals surface area contributed by atoms with Crippen molar-refractivity contribution in [3.63, 3.8) is 0 Å². The van der Waals surface area contributed by atoms with Gasteiger partial charge in [-0.15, -0.1) is 0 Å². The highest BCUT2D eigenvalue weighted by Gasteiger charge is 2.00. The second-order valence-electron chi connectivity index (χ2n) is 5.30. The van der Waals surface area contributed by atoms with Gasteiger partial charge in [-0.05, 0) is 37.7 Å². The SMILES string of the molecule is CC=CC(=CCC)C(C)C=CC(C)=CC=CC(C)C. The Hall–Kier alpha value is -1.30. The maximum absolute atomic E-state index is 2.30. The van der Waals surface area contributed by atoms with E-state index in [1.165, 1.54) is 11.1 Å². The predicted molar refractivity (Wildman–Crippen MR) is 89.2 cm³/mol. The molecule has 0 aromatic rings. The minimum absolute atomic E-state index is 0.466. The van der Waals surface area contributed by atoms with E-state index < -0.39 is 0 Å². The molecule has 0 radical (unpaired) electrons. The van der Waals surface area contributed by atoms with Gasteiger partial charge < -0.3 is 0 Å². The van der Waals surface area contributed by atoms with Crippen molar-refractivity contribution in [1.82, 2.24) is 0 Å². The van der Waals surface area contributed by atoms with Crippen LogP contribution in [0.4, 0.5) is 0 Å². The highest BCUT2D eigenvalue weighted by molar-refractivity contribution is 5.28. The number of hydrogen-bond donors (Lipinski definition) is 0. The molecule has 0 aromatic carbocycles. The Morgan fingerprint density at radius 3 is 2.26 bits per heavy atom. The predicted octanol–water partition coefficient (Wildman–Crippen LogP) is 6.25. The molecule has 0 amide bonds. The van der Waals surface area contributed by atoms with E-state index in [0.717, 1.165) is 6.42 Å². The highest BCUT2D eigenvalue weighted by Crippen LogP contribution is 2.15. The van der Waals surface area contributed by atoms with Crippen LogP contribution in [0.3, 0.4) is 0 Å². The minimum atomic E-state index is 0.466. The lowest BCUT2D eigenvalue weighted by Gasteiger charge is -2.07. The Morgan fingerprint density at radius 1 is 1.05 bits per heavy atom. The standard InChI is InChI=1S/C19H30/c1-7-10-19(11-8-2)18(6)15-14-17(5)13-9-12-16(3)4/h7,9-16,18H,8H2,1-6H3. The Labute approximate surface area is 120 Å². The Kier molecular flexibility index (Phi) is 9.88. The van der Waals surface area contributed by atoms with E-state index in [2.05, 4.69) is 90.2 Å². The summed E-state index contributed by atoms with van der Waals surface area (Å²) >= 11 is 0. The molecule has 0 saturated carbocycles. The second kappa shape index (κ2) is 10.6. The van der Waals surface area contributed by atoms with Crippen molar-refractivity contribution in [2.75, 3.05) is 0 Å². The van der Waals surface area contributed by atoms with Crippen LogP contribution in [0.5, 0.6) is 0 Å². The molecule has 1 unspecified atom stereocenters. The number of rotatable bonds is 7. The molecular formula is C19H30. The molecule has 19 heavy (non-hydrogen) atoms. The van der Waals surface area contributed by atoms with Gasteiger partial charge >= 0.3 is 0 Å². The molecule has 106 valence electrons. The van der Waals surface area contributed by atoms with Crippen molar-refractivity contribution in [2.45, 2.75) is 48.0 Å². The summed E-state index contributed by atoms with van der Waals surface area (Å²) in [6, 6.07) is 0. The van der Waals surface area contributed by atoms with Gasteiger partial charge in [0.1, 0.15) is 0 Å². The summed E-state index contributed by atoms with van der Waals surface area (Å²) in [5, 5.41) is 0. The average molecular weight is 258 g/mol. The van der Waals surface area contributed by atoms with E-state index in [-0.39, 0.29) is 0 Å². The van der Waals surface area contributed by atoms with Gasteiger partial charge in [0.2, 0.25) is 0 Å². The van der Waals surface area contributed by atoms with Crippen LogP contribution in [0.15, 0.2) is 59.8 Å². The monoisotopic (exact) mass is 258 g/mol. The minimum Gasteiger partial charge on any atom is -0.0874 e. The van der Waals surface area contributed by atoms with E-state index in [1.807, 2.05) is 0 Å². The molecule has 0 spiro atoms. The number of allylic oxidation sites excluding steroid dienone is 10. The van der Waals surface area contributed by atoms with Crippen molar-refractivity contribution in [3.05, 3.63) is 59.8 Å². The van der Waals surface area contributed by atoms with Crippen molar-refractivity contribution < 1.29 is 0 Å². The lowest BCUT2D eigenvalue weighted by molar-refractivity contribution is 0.832. The van der Waals surface area contributed by atoms with Crippen LogP contribution in [-0.4, -0.2) is 0 Å². The first-order valence-electron chi connectivity index (χ1n) is 7.37. The molecule has 0 nitrogen and oxygen atoms in total. The van der Waals surface area contributed by atoms with Crippen LogP contribution >= 0.6 is 0 Å². The smallest absolute Gasteiger partial charge is 0.00105 e. The van der Waals surface area contributed by atoms with Gasteiger partial charge in [-0.1, -0.05) is 81.9 Å². The molecule has 0 heteroatoms. The van der Waals surface area contributed by atoms with E-state index in [9.17, 15) is 0 Å². The van der Waals surface area contributed by atoms with E-state index >= 15 is 0 Å². The molecule has 0 aliphatic heterocycles. The molecule has 0 rings (SSSR count). The maximum Gasteiger partial charge on any atom is -0.00105 e. The summed E-state index contributed by atoms with van der Waals surface area (Å²) in [4.78, 5) is 0. The summed E-state index contributed by atoms with van der Waals surface area (Å²) in [5.41, 5.74) is 2.69. The molecule has 0 fully saturated rings. The van der Waals surface area contributed by atoms with Crippen LogP contribution in [0, 0.1) is 11.8 Å². The third-order valence-electron chi connectivity index (χ3n) is 2.83. The van der Waals surface area contributed by atoms with Gasteiger partial charge in [0.15, 0.2) is 0 Å². The molecule has 0 bridgehead atoms. The fourth-order valence-electron chi connectivity index (χ4n) is 1.73. The average Bonchev–Trinajstić information content (AvgIpc) is 2.35. The zero-order valence-electron chi connectivity index (χ0n) is 13.5. The zero-order chi connectivity index (χ0) is 14.7. The van der Waals surface area contributed by atoms with Gasteiger partial charge in [0.25, 0.3) is 0 Å². The van der Waals surface area contributed by atoms with Crippen LogP contribution in [-0.2, 0) is 0 Å². The summed E-state index contributed by atoms with van der Waals surface area (Å²) in [5.74, 6) is 1.08. The molecule has 0 aliphatic rings. The fourth-order valence-corrected chi connectivity index (χ4v) is 1.73. The summed E-state index contributed by atoms with van der Waals surface area (Å²) in [7, 11) is 0. The van der Waals surface area contributed by atoms with Gasteiger partial charge in [0.05, 0.1) is 0 Å². The fraction of sp³-hybridized carbons (Fsp3) is 0.474. The van der Waals surface area contributed by atoms with Crippen molar-refractivity contribution in [2.24, 2.45) is 11.8 Å². The van der Waals surface area contributed by atoms with E-state index in [4.69, 9.17) is 0 Å². The molecule has 1 atom stereocenters. The quantitative estimate of drug-likeness (QED) is 0.473. The van der Waals surface area contributed by atoms with Gasteiger partial charge in [0, 0.05) is 0 Å². The normalized spacial score (nSPS) is 16.4.